The van der Waals surface area contributed by atoms with Crippen molar-refractivity contribution in [2.75, 3.05) is 31.1 Å². The van der Waals surface area contributed by atoms with Crippen LogP contribution in [0.2, 0.25) is 0 Å². The lowest BCUT2D eigenvalue weighted by Gasteiger charge is -2.35. The molecule has 134 valence electrons. The molecule has 0 unspecified atom stereocenters. The van der Waals surface area contributed by atoms with Gasteiger partial charge in [0.25, 0.3) is 0 Å². The Morgan fingerprint density at radius 2 is 1.85 bits per heavy atom. The van der Waals surface area contributed by atoms with Crippen LogP contribution in [0.15, 0.2) is 54.9 Å². The van der Waals surface area contributed by atoms with Crippen molar-refractivity contribution < 1.29 is 4.79 Å². The smallest absolute Gasteiger partial charge is 0.222 e. The number of carbonyl (C=O) groups excluding carboxylic acids is 1. The fourth-order valence-corrected chi connectivity index (χ4v) is 3.65. The van der Waals surface area contributed by atoms with E-state index in [0.29, 0.717) is 6.42 Å². The summed E-state index contributed by atoms with van der Waals surface area (Å²) >= 11 is 0. The van der Waals surface area contributed by atoms with E-state index < -0.39 is 0 Å². The number of rotatable bonds is 5. The van der Waals surface area contributed by atoms with Gasteiger partial charge in [0.2, 0.25) is 5.91 Å². The molecule has 1 saturated heterocycles. The van der Waals surface area contributed by atoms with Gasteiger partial charge in [0.05, 0.1) is 0 Å². The summed E-state index contributed by atoms with van der Waals surface area (Å²) < 4.78 is 0. The van der Waals surface area contributed by atoms with Crippen LogP contribution in [0.4, 0.5) is 5.82 Å². The number of aromatic nitrogens is 2. The summed E-state index contributed by atoms with van der Waals surface area (Å²) in [7, 11) is 0. The highest BCUT2D eigenvalue weighted by Crippen LogP contribution is 2.20. The maximum Gasteiger partial charge on any atom is 0.222 e. The van der Waals surface area contributed by atoms with Crippen molar-refractivity contribution >= 4 is 22.6 Å². The molecular weight excluding hydrogens is 324 g/mol. The first-order valence-corrected chi connectivity index (χ1v) is 9.30. The Morgan fingerprint density at radius 1 is 1.04 bits per heavy atom. The average Bonchev–Trinajstić information content (AvgIpc) is 3.12. The molecule has 1 fully saturated rings. The van der Waals surface area contributed by atoms with Crippen molar-refractivity contribution in [3.05, 3.63) is 60.4 Å². The van der Waals surface area contributed by atoms with E-state index in [9.17, 15) is 4.79 Å². The van der Waals surface area contributed by atoms with Crippen molar-refractivity contribution in [1.82, 2.24) is 14.9 Å². The van der Waals surface area contributed by atoms with Crippen LogP contribution >= 0.6 is 0 Å². The zero-order chi connectivity index (χ0) is 17.8. The zero-order valence-corrected chi connectivity index (χ0v) is 14.9. The maximum absolute atomic E-state index is 12.5. The van der Waals surface area contributed by atoms with Crippen molar-refractivity contribution in [3.63, 3.8) is 0 Å². The molecule has 0 atom stereocenters. The van der Waals surface area contributed by atoms with Crippen LogP contribution in [-0.4, -0.2) is 47.0 Å². The van der Waals surface area contributed by atoms with E-state index >= 15 is 0 Å². The second kappa shape index (κ2) is 7.60. The number of para-hydroxylation sites is 1. The lowest BCUT2D eigenvalue weighted by Crippen LogP contribution is -2.49. The van der Waals surface area contributed by atoms with Crippen LogP contribution < -0.4 is 4.90 Å². The molecule has 26 heavy (non-hydrogen) atoms. The predicted molar refractivity (Wildman–Crippen MR) is 104 cm³/mol. The van der Waals surface area contributed by atoms with Gasteiger partial charge in [-0.05, 0) is 36.6 Å². The van der Waals surface area contributed by atoms with E-state index in [-0.39, 0.29) is 5.91 Å². The lowest BCUT2D eigenvalue weighted by atomic mass is 10.1. The van der Waals surface area contributed by atoms with Crippen LogP contribution in [0, 0.1) is 0 Å². The van der Waals surface area contributed by atoms with Gasteiger partial charge >= 0.3 is 0 Å². The van der Waals surface area contributed by atoms with Gasteiger partial charge in [-0.3, -0.25) is 4.79 Å². The van der Waals surface area contributed by atoms with E-state index in [4.69, 9.17) is 0 Å². The van der Waals surface area contributed by atoms with Gasteiger partial charge in [0, 0.05) is 55.9 Å². The number of nitrogens with zero attached hydrogens (tertiary/aromatic N) is 3. The molecule has 1 amide bonds. The molecule has 1 N–H and O–H groups in total. The summed E-state index contributed by atoms with van der Waals surface area (Å²) in [5.41, 5.74) is 2.47. The first-order valence-electron chi connectivity index (χ1n) is 9.30. The lowest BCUT2D eigenvalue weighted by molar-refractivity contribution is -0.131. The number of piperazine rings is 1. The molecule has 0 aliphatic carbocycles. The van der Waals surface area contributed by atoms with Crippen molar-refractivity contribution in [2.45, 2.75) is 19.3 Å². The molecular formula is C21H24N4O. The number of benzene rings is 1. The quantitative estimate of drug-likeness (QED) is 0.770. The van der Waals surface area contributed by atoms with Gasteiger partial charge in [0.1, 0.15) is 5.82 Å². The topological polar surface area (TPSA) is 52.2 Å². The van der Waals surface area contributed by atoms with E-state index in [1.165, 1.54) is 16.5 Å². The molecule has 1 aliphatic rings. The zero-order valence-electron chi connectivity index (χ0n) is 14.9. The van der Waals surface area contributed by atoms with E-state index in [2.05, 4.69) is 39.3 Å². The van der Waals surface area contributed by atoms with Crippen LogP contribution in [0.25, 0.3) is 10.9 Å². The third kappa shape index (κ3) is 3.57. The highest BCUT2D eigenvalue weighted by molar-refractivity contribution is 5.83. The third-order valence-electron chi connectivity index (χ3n) is 5.12. The minimum atomic E-state index is 0.269. The number of amides is 1. The molecule has 0 saturated carbocycles. The number of hydrogen-bond acceptors (Lipinski definition) is 3. The first-order chi connectivity index (χ1) is 12.8. The summed E-state index contributed by atoms with van der Waals surface area (Å²) in [4.78, 5) is 24.5. The number of hydrogen-bond donors (Lipinski definition) is 1. The number of nitrogens with one attached hydrogen (secondary N) is 1. The van der Waals surface area contributed by atoms with E-state index in [1.807, 2.05) is 35.4 Å². The largest absolute Gasteiger partial charge is 0.361 e. The number of pyridine rings is 1. The average molecular weight is 348 g/mol. The molecule has 2 aromatic heterocycles. The fraction of sp³-hybridized carbons (Fsp3) is 0.333. The maximum atomic E-state index is 12.5. The third-order valence-corrected chi connectivity index (χ3v) is 5.12. The molecule has 3 heterocycles. The normalized spacial score (nSPS) is 14.8. The number of fused-ring (bicyclic) bond motifs is 1. The second-order valence-electron chi connectivity index (χ2n) is 6.77. The second-order valence-corrected chi connectivity index (χ2v) is 6.77. The molecule has 0 bridgehead atoms. The summed E-state index contributed by atoms with van der Waals surface area (Å²) in [6.45, 7) is 3.27. The van der Waals surface area contributed by atoms with Crippen LogP contribution in [-0.2, 0) is 11.2 Å². The monoisotopic (exact) mass is 348 g/mol. The van der Waals surface area contributed by atoms with Gasteiger partial charge in [-0.15, -0.1) is 0 Å². The standard InChI is InChI=1S/C21H24N4O/c26-21(10-5-6-17-16-23-19-8-2-1-7-18(17)19)25-14-12-24(13-15-25)20-9-3-4-11-22-20/h1-4,7-9,11,16,23H,5-6,10,12-15H2. The van der Waals surface area contributed by atoms with E-state index in [0.717, 1.165) is 44.8 Å². The van der Waals surface area contributed by atoms with Gasteiger partial charge in [-0.2, -0.15) is 0 Å². The van der Waals surface area contributed by atoms with Gasteiger partial charge in [-0.25, -0.2) is 4.98 Å². The molecule has 1 aliphatic heterocycles. The number of anilines is 1. The Labute approximate surface area is 153 Å². The molecule has 5 heteroatoms. The Balaban J connectivity index is 1.26. The Hall–Kier alpha value is -2.82. The summed E-state index contributed by atoms with van der Waals surface area (Å²) in [6, 6.07) is 14.3. The molecule has 4 rings (SSSR count). The summed E-state index contributed by atoms with van der Waals surface area (Å²) in [6.07, 6.45) is 6.33. The highest BCUT2D eigenvalue weighted by atomic mass is 16.2. The van der Waals surface area contributed by atoms with E-state index in [1.54, 1.807) is 0 Å². The molecule has 3 aromatic rings. The van der Waals surface area contributed by atoms with Crippen molar-refractivity contribution in [1.29, 1.82) is 0 Å². The van der Waals surface area contributed by atoms with Gasteiger partial charge in [-0.1, -0.05) is 24.3 Å². The number of carbonyl (C=O) groups is 1. The minimum absolute atomic E-state index is 0.269. The Kier molecular flexibility index (Phi) is 4.86. The Morgan fingerprint density at radius 3 is 2.65 bits per heavy atom. The summed E-state index contributed by atoms with van der Waals surface area (Å²) in [5, 5.41) is 1.27. The van der Waals surface area contributed by atoms with Gasteiger partial charge < -0.3 is 14.8 Å². The van der Waals surface area contributed by atoms with Crippen molar-refractivity contribution in [3.8, 4) is 0 Å². The SMILES string of the molecule is O=C(CCCc1c[nH]c2ccccc12)N1CCN(c2ccccn2)CC1. The predicted octanol–water partition coefficient (Wildman–Crippen LogP) is 3.23. The van der Waals surface area contributed by atoms with Crippen LogP contribution in [0.5, 0.6) is 0 Å². The summed E-state index contributed by atoms with van der Waals surface area (Å²) in [5.74, 6) is 1.27. The van der Waals surface area contributed by atoms with Crippen LogP contribution in [0.1, 0.15) is 18.4 Å². The van der Waals surface area contributed by atoms with Gasteiger partial charge in [0.15, 0.2) is 0 Å². The number of aryl methyl sites for hydroxylation is 1. The van der Waals surface area contributed by atoms with Crippen molar-refractivity contribution in [2.24, 2.45) is 0 Å². The molecule has 0 spiro atoms. The molecule has 0 radical (unpaired) electrons. The Bertz CT molecular complexity index is 866. The molecule has 1 aromatic carbocycles. The number of H-pyrrole nitrogens is 1. The highest BCUT2D eigenvalue weighted by Gasteiger charge is 2.21. The molecule has 5 nitrogen and oxygen atoms in total. The first kappa shape index (κ1) is 16.6. The minimum Gasteiger partial charge on any atom is -0.361 e. The van der Waals surface area contributed by atoms with Crippen LogP contribution in [0.3, 0.4) is 0 Å². The fourth-order valence-electron chi connectivity index (χ4n) is 3.65. The number of aromatic amines is 1.